The highest BCUT2D eigenvalue weighted by Crippen LogP contribution is 2.22. The number of phenolic OH excluding ortho intramolecular Hbond substituents is 1. The molecule has 2 aromatic rings. The molecule has 4 N–H and O–H groups in total. The minimum absolute atomic E-state index is 0.0565. The Morgan fingerprint density at radius 2 is 2.22 bits per heavy atom. The molecule has 0 spiro atoms. The number of hydrogen-bond donors (Lipinski definition) is 3. The second-order valence-electron chi connectivity index (χ2n) is 3.84. The molecular formula is C12H13N3O2S. The fraction of sp³-hybridized carbons (Fsp3) is 0.167. The first-order chi connectivity index (χ1) is 8.58. The lowest BCUT2D eigenvalue weighted by Crippen LogP contribution is -2.12. The van der Waals surface area contributed by atoms with Crippen LogP contribution < -0.4 is 11.1 Å². The normalized spacial score (nSPS) is 12.1. The minimum atomic E-state index is -0.390. The van der Waals surface area contributed by atoms with E-state index in [4.69, 9.17) is 5.73 Å². The summed E-state index contributed by atoms with van der Waals surface area (Å²) in [7, 11) is 0. The van der Waals surface area contributed by atoms with Gasteiger partial charge in [0.25, 0.3) is 5.91 Å². The first-order valence-electron chi connectivity index (χ1n) is 5.38. The van der Waals surface area contributed by atoms with E-state index in [9.17, 15) is 9.90 Å². The van der Waals surface area contributed by atoms with Gasteiger partial charge in [-0.25, -0.2) is 4.98 Å². The zero-order chi connectivity index (χ0) is 13.1. The SMILES string of the molecule is CC(N)c1csc(NC(=O)c2ccccc2O)n1. The van der Waals surface area contributed by atoms with Gasteiger partial charge in [-0.2, -0.15) is 0 Å². The lowest BCUT2D eigenvalue weighted by molar-refractivity contribution is 0.102. The van der Waals surface area contributed by atoms with Crippen molar-refractivity contribution in [3.8, 4) is 5.75 Å². The molecule has 1 aromatic carbocycles. The third kappa shape index (κ3) is 2.66. The molecule has 0 saturated carbocycles. The third-order valence-corrected chi connectivity index (χ3v) is 3.13. The molecule has 18 heavy (non-hydrogen) atoms. The highest BCUT2D eigenvalue weighted by atomic mass is 32.1. The molecule has 1 atom stereocenters. The molecule has 1 amide bonds. The van der Waals surface area contributed by atoms with Gasteiger partial charge in [0, 0.05) is 11.4 Å². The van der Waals surface area contributed by atoms with E-state index in [1.54, 1.807) is 23.6 Å². The van der Waals surface area contributed by atoms with E-state index in [1.807, 2.05) is 6.92 Å². The lowest BCUT2D eigenvalue weighted by atomic mass is 10.2. The van der Waals surface area contributed by atoms with Crippen LogP contribution in [0.3, 0.4) is 0 Å². The largest absolute Gasteiger partial charge is 0.507 e. The zero-order valence-corrected chi connectivity index (χ0v) is 10.6. The first kappa shape index (κ1) is 12.5. The van der Waals surface area contributed by atoms with Crippen LogP contribution in [0.4, 0.5) is 5.13 Å². The average molecular weight is 263 g/mol. The summed E-state index contributed by atoms with van der Waals surface area (Å²) in [4.78, 5) is 16.1. The van der Waals surface area contributed by atoms with E-state index in [1.165, 1.54) is 17.4 Å². The number of hydrogen-bond acceptors (Lipinski definition) is 5. The predicted molar refractivity (Wildman–Crippen MR) is 70.8 cm³/mol. The highest BCUT2D eigenvalue weighted by Gasteiger charge is 2.13. The Kier molecular flexibility index (Phi) is 3.59. The fourth-order valence-electron chi connectivity index (χ4n) is 1.38. The summed E-state index contributed by atoms with van der Waals surface area (Å²) in [6.45, 7) is 1.82. The van der Waals surface area contributed by atoms with E-state index < -0.39 is 5.91 Å². The molecule has 0 bridgehead atoms. The number of benzene rings is 1. The monoisotopic (exact) mass is 263 g/mol. The summed E-state index contributed by atoms with van der Waals surface area (Å²) < 4.78 is 0. The van der Waals surface area contributed by atoms with Crippen LogP contribution in [-0.2, 0) is 0 Å². The summed E-state index contributed by atoms with van der Waals surface area (Å²) in [6, 6.07) is 6.18. The molecule has 2 rings (SSSR count). The quantitative estimate of drug-likeness (QED) is 0.791. The molecule has 0 aliphatic carbocycles. The molecule has 0 aliphatic rings. The molecule has 94 valence electrons. The number of nitrogens with zero attached hydrogens (tertiary/aromatic N) is 1. The summed E-state index contributed by atoms with van der Waals surface area (Å²) >= 11 is 1.30. The van der Waals surface area contributed by atoms with Crippen LogP contribution in [0.2, 0.25) is 0 Å². The van der Waals surface area contributed by atoms with E-state index >= 15 is 0 Å². The molecule has 6 heteroatoms. The van der Waals surface area contributed by atoms with Crippen molar-refractivity contribution in [2.45, 2.75) is 13.0 Å². The minimum Gasteiger partial charge on any atom is -0.507 e. The van der Waals surface area contributed by atoms with Crippen molar-refractivity contribution in [3.63, 3.8) is 0 Å². The van der Waals surface area contributed by atoms with Crippen LogP contribution in [0.5, 0.6) is 5.75 Å². The summed E-state index contributed by atoms with van der Waals surface area (Å²) in [6.07, 6.45) is 0. The van der Waals surface area contributed by atoms with Crippen molar-refractivity contribution in [1.82, 2.24) is 4.98 Å². The van der Waals surface area contributed by atoms with Crippen molar-refractivity contribution in [2.75, 3.05) is 5.32 Å². The highest BCUT2D eigenvalue weighted by molar-refractivity contribution is 7.14. The smallest absolute Gasteiger partial charge is 0.261 e. The molecule has 1 unspecified atom stereocenters. The van der Waals surface area contributed by atoms with Crippen LogP contribution in [0.1, 0.15) is 29.0 Å². The fourth-order valence-corrected chi connectivity index (χ4v) is 2.19. The van der Waals surface area contributed by atoms with Crippen molar-refractivity contribution >= 4 is 22.4 Å². The number of carbonyl (C=O) groups is 1. The van der Waals surface area contributed by atoms with E-state index in [0.717, 1.165) is 5.69 Å². The van der Waals surface area contributed by atoms with Gasteiger partial charge in [0.05, 0.1) is 11.3 Å². The zero-order valence-electron chi connectivity index (χ0n) is 9.75. The maximum atomic E-state index is 11.9. The van der Waals surface area contributed by atoms with Crippen LogP contribution in [0, 0.1) is 0 Å². The number of thiazole rings is 1. The Morgan fingerprint density at radius 3 is 2.83 bits per heavy atom. The van der Waals surface area contributed by atoms with Crippen LogP contribution in [0.15, 0.2) is 29.6 Å². The topological polar surface area (TPSA) is 88.2 Å². The Hall–Kier alpha value is -1.92. The van der Waals surface area contributed by atoms with Gasteiger partial charge in [-0.15, -0.1) is 11.3 Å². The number of anilines is 1. The maximum absolute atomic E-state index is 11.9. The number of nitrogens with one attached hydrogen (secondary N) is 1. The van der Waals surface area contributed by atoms with Crippen molar-refractivity contribution in [2.24, 2.45) is 5.73 Å². The Labute approximate surface area is 108 Å². The molecule has 1 heterocycles. The van der Waals surface area contributed by atoms with E-state index in [0.29, 0.717) is 5.13 Å². The molecule has 0 aliphatic heterocycles. The third-order valence-electron chi connectivity index (χ3n) is 2.36. The van der Waals surface area contributed by atoms with Gasteiger partial charge in [-0.05, 0) is 19.1 Å². The number of rotatable bonds is 3. The van der Waals surface area contributed by atoms with Crippen LogP contribution in [0.25, 0.3) is 0 Å². The second kappa shape index (κ2) is 5.16. The van der Waals surface area contributed by atoms with Gasteiger partial charge in [-0.1, -0.05) is 12.1 Å². The summed E-state index contributed by atoms with van der Waals surface area (Å²) in [5.41, 5.74) is 6.63. The lowest BCUT2D eigenvalue weighted by Gasteiger charge is -2.03. The van der Waals surface area contributed by atoms with Gasteiger partial charge in [0.1, 0.15) is 5.75 Å². The molecule has 0 radical (unpaired) electrons. The number of para-hydroxylation sites is 1. The average Bonchev–Trinajstić information content (AvgIpc) is 2.78. The van der Waals surface area contributed by atoms with E-state index in [2.05, 4.69) is 10.3 Å². The first-order valence-corrected chi connectivity index (χ1v) is 6.26. The molecule has 0 fully saturated rings. The van der Waals surface area contributed by atoms with Crippen LogP contribution >= 0.6 is 11.3 Å². The van der Waals surface area contributed by atoms with Crippen molar-refractivity contribution in [1.29, 1.82) is 0 Å². The van der Waals surface area contributed by atoms with Crippen LogP contribution in [-0.4, -0.2) is 16.0 Å². The Morgan fingerprint density at radius 1 is 1.50 bits per heavy atom. The standard InChI is InChI=1S/C12H13N3O2S/c1-7(13)9-6-18-12(14-9)15-11(17)8-4-2-3-5-10(8)16/h2-7,16H,13H2,1H3,(H,14,15,17). The molecule has 1 aromatic heterocycles. The van der Waals surface area contributed by atoms with E-state index in [-0.39, 0.29) is 17.4 Å². The molecule has 5 nitrogen and oxygen atoms in total. The number of phenols is 1. The second-order valence-corrected chi connectivity index (χ2v) is 4.70. The van der Waals surface area contributed by atoms with Gasteiger partial charge >= 0.3 is 0 Å². The van der Waals surface area contributed by atoms with Gasteiger partial charge in [0.2, 0.25) is 0 Å². The molecular weight excluding hydrogens is 250 g/mol. The summed E-state index contributed by atoms with van der Waals surface area (Å²) in [5.74, 6) is -0.447. The van der Waals surface area contributed by atoms with Gasteiger partial charge in [-0.3, -0.25) is 10.1 Å². The van der Waals surface area contributed by atoms with Gasteiger partial charge < -0.3 is 10.8 Å². The van der Waals surface area contributed by atoms with Gasteiger partial charge in [0.15, 0.2) is 5.13 Å². The van der Waals surface area contributed by atoms with Crippen molar-refractivity contribution < 1.29 is 9.90 Å². The Bertz CT molecular complexity index is 566. The number of nitrogens with two attached hydrogens (primary N) is 1. The number of amides is 1. The predicted octanol–water partition coefficient (Wildman–Crippen LogP) is 2.12. The number of aromatic hydroxyl groups is 1. The number of aromatic nitrogens is 1. The maximum Gasteiger partial charge on any atom is 0.261 e. The molecule has 0 saturated heterocycles. The van der Waals surface area contributed by atoms with Crippen molar-refractivity contribution in [3.05, 3.63) is 40.9 Å². The number of carbonyl (C=O) groups excluding carboxylic acids is 1. The summed E-state index contributed by atoms with van der Waals surface area (Å²) in [5, 5.41) is 14.4. The Balaban J connectivity index is 2.14.